The summed E-state index contributed by atoms with van der Waals surface area (Å²) >= 11 is 5.51. The molecule has 112 valence electrons. The molecule has 0 bridgehead atoms. The molecular weight excluding hydrogens is 307 g/mol. The summed E-state index contributed by atoms with van der Waals surface area (Å²) in [6, 6.07) is 10.3. The van der Waals surface area contributed by atoms with E-state index in [2.05, 4.69) is 5.48 Å². The summed E-state index contributed by atoms with van der Waals surface area (Å²) in [6.45, 7) is 1.87. The molecule has 3 nitrogen and oxygen atoms in total. The zero-order valence-electron chi connectivity index (χ0n) is 10.9. The zero-order chi connectivity index (χ0) is 15.5. The molecule has 0 amide bonds. The van der Waals surface area contributed by atoms with Gasteiger partial charge in [-0.25, -0.2) is 5.48 Å². The largest absolute Gasteiger partial charge is 0.417 e. The van der Waals surface area contributed by atoms with Gasteiger partial charge in [-0.3, -0.25) is 0 Å². The van der Waals surface area contributed by atoms with E-state index >= 15 is 0 Å². The zero-order valence-corrected chi connectivity index (χ0v) is 11.6. The lowest BCUT2D eigenvalue weighted by Crippen LogP contribution is -2.09. The Morgan fingerprint density at radius 3 is 2.52 bits per heavy atom. The highest BCUT2D eigenvalue weighted by molar-refractivity contribution is 6.31. The first-order valence-electron chi connectivity index (χ1n) is 5.89. The van der Waals surface area contributed by atoms with E-state index in [0.717, 1.165) is 17.7 Å². The molecule has 0 radical (unpaired) electrons. The van der Waals surface area contributed by atoms with Crippen LogP contribution in [0.3, 0.4) is 0 Å². The quantitative estimate of drug-likeness (QED) is 0.635. The molecule has 7 heteroatoms. The van der Waals surface area contributed by atoms with Gasteiger partial charge >= 0.3 is 6.18 Å². The first kappa shape index (κ1) is 15.5. The number of rotatable bonds is 4. The van der Waals surface area contributed by atoms with Crippen molar-refractivity contribution in [3.8, 4) is 5.75 Å². The number of hydrogen-bond donors (Lipinski definition) is 1. The van der Waals surface area contributed by atoms with Crippen molar-refractivity contribution in [1.82, 2.24) is 0 Å². The molecule has 2 aromatic rings. The fourth-order valence-electron chi connectivity index (χ4n) is 1.59. The maximum absolute atomic E-state index is 12.7. The Labute approximate surface area is 124 Å². The Balaban J connectivity index is 2.01. The van der Waals surface area contributed by atoms with Gasteiger partial charge in [-0.15, -0.1) is 0 Å². The third kappa shape index (κ3) is 4.27. The van der Waals surface area contributed by atoms with Gasteiger partial charge in [-0.1, -0.05) is 28.7 Å². The predicted octanol–water partition coefficient (Wildman–Crippen LogP) is 5.00. The molecule has 0 spiro atoms. The molecule has 0 saturated carbocycles. The lowest BCUT2D eigenvalue weighted by atomic mass is 10.2. The van der Waals surface area contributed by atoms with Crippen LogP contribution in [0, 0.1) is 6.92 Å². The number of alkyl halides is 3. The van der Waals surface area contributed by atoms with Gasteiger partial charge in [-0.2, -0.15) is 13.2 Å². The number of aryl methyl sites for hydroxylation is 1. The monoisotopic (exact) mass is 317 g/mol. The molecular formula is C14H11ClF3NO2. The second-order valence-corrected chi connectivity index (χ2v) is 4.68. The molecule has 0 fully saturated rings. The molecule has 0 heterocycles. The fraction of sp³-hybridized carbons (Fsp3) is 0.143. The molecule has 0 unspecified atom stereocenters. The fourth-order valence-corrected chi connectivity index (χ4v) is 1.81. The number of benzene rings is 2. The highest BCUT2D eigenvalue weighted by atomic mass is 35.5. The Morgan fingerprint density at radius 2 is 1.86 bits per heavy atom. The van der Waals surface area contributed by atoms with Crippen molar-refractivity contribution < 1.29 is 23.0 Å². The third-order valence-corrected chi connectivity index (χ3v) is 2.89. The SMILES string of the molecule is Cc1cccc(OONc2ccc(Cl)c(C(F)(F)F)c2)c1. The second kappa shape index (κ2) is 6.24. The first-order valence-corrected chi connectivity index (χ1v) is 6.27. The van der Waals surface area contributed by atoms with Crippen LogP contribution in [0.2, 0.25) is 5.02 Å². The number of hydrogen-bond acceptors (Lipinski definition) is 3. The van der Waals surface area contributed by atoms with E-state index < -0.39 is 11.7 Å². The second-order valence-electron chi connectivity index (χ2n) is 4.28. The van der Waals surface area contributed by atoms with Gasteiger partial charge < -0.3 is 4.89 Å². The van der Waals surface area contributed by atoms with Gasteiger partial charge in [0.2, 0.25) is 0 Å². The maximum Gasteiger partial charge on any atom is 0.417 e. The minimum absolute atomic E-state index is 0.0689. The molecule has 0 aromatic heterocycles. The molecule has 1 N–H and O–H groups in total. The van der Waals surface area contributed by atoms with E-state index in [1.165, 1.54) is 6.07 Å². The highest BCUT2D eigenvalue weighted by Gasteiger charge is 2.33. The predicted molar refractivity (Wildman–Crippen MR) is 73.0 cm³/mol. The first-order chi connectivity index (χ1) is 9.86. The van der Waals surface area contributed by atoms with E-state index in [0.29, 0.717) is 5.75 Å². The molecule has 2 rings (SSSR count). The van der Waals surface area contributed by atoms with Crippen LogP contribution in [-0.2, 0) is 11.2 Å². The van der Waals surface area contributed by atoms with Crippen molar-refractivity contribution in [1.29, 1.82) is 0 Å². The molecule has 0 atom stereocenters. The smallest absolute Gasteiger partial charge is 0.314 e. The summed E-state index contributed by atoms with van der Waals surface area (Å²) < 4.78 is 38.0. The number of nitrogens with one attached hydrogen (secondary N) is 1. The molecule has 21 heavy (non-hydrogen) atoms. The van der Waals surface area contributed by atoms with Gasteiger partial charge in [0.05, 0.1) is 16.3 Å². The lowest BCUT2D eigenvalue weighted by Gasteiger charge is -2.11. The van der Waals surface area contributed by atoms with Crippen LogP contribution in [0.4, 0.5) is 18.9 Å². The van der Waals surface area contributed by atoms with E-state index in [4.69, 9.17) is 21.5 Å². The van der Waals surface area contributed by atoms with Crippen LogP contribution in [-0.4, -0.2) is 0 Å². The van der Waals surface area contributed by atoms with E-state index in [1.807, 2.05) is 13.0 Å². The average molecular weight is 318 g/mol. The minimum Gasteiger partial charge on any atom is -0.314 e. The van der Waals surface area contributed by atoms with Crippen molar-refractivity contribution >= 4 is 17.3 Å². The van der Waals surface area contributed by atoms with Crippen molar-refractivity contribution in [3.05, 3.63) is 58.6 Å². The van der Waals surface area contributed by atoms with E-state index in [9.17, 15) is 13.2 Å². The average Bonchev–Trinajstić information content (AvgIpc) is 2.39. The summed E-state index contributed by atoms with van der Waals surface area (Å²) in [7, 11) is 0. The third-order valence-electron chi connectivity index (χ3n) is 2.56. The summed E-state index contributed by atoms with van der Waals surface area (Å²) in [5.74, 6) is 0.424. The van der Waals surface area contributed by atoms with Crippen LogP contribution < -0.4 is 10.4 Å². The normalized spacial score (nSPS) is 11.3. The van der Waals surface area contributed by atoms with Crippen molar-refractivity contribution in [2.75, 3.05) is 5.48 Å². The van der Waals surface area contributed by atoms with Crippen LogP contribution in [0.25, 0.3) is 0 Å². The van der Waals surface area contributed by atoms with E-state index in [-0.39, 0.29) is 10.7 Å². The molecule has 0 aliphatic carbocycles. The standard InChI is InChI=1S/C14H11ClF3NO2/c1-9-3-2-4-11(7-9)20-21-19-10-5-6-13(15)12(8-10)14(16,17)18/h2-8,19H,1H3. The van der Waals surface area contributed by atoms with Crippen molar-refractivity contribution in [2.24, 2.45) is 0 Å². The Hall–Kier alpha value is -1.92. The van der Waals surface area contributed by atoms with Gasteiger partial charge in [0.1, 0.15) is 0 Å². The van der Waals surface area contributed by atoms with Gasteiger partial charge in [0, 0.05) is 0 Å². The van der Waals surface area contributed by atoms with Crippen molar-refractivity contribution in [2.45, 2.75) is 13.1 Å². The Morgan fingerprint density at radius 1 is 1.10 bits per heavy atom. The highest BCUT2D eigenvalue weighted by Crippen LogP contribution is 2.36. The van der Waals surface area contributed by atoms with Gasteiger partial charge in [-0.05, 0) is 42.8 Å². The van der Waals surface area contributed by atoms with Crippen LogP contribution in [0.5, 0.6) is 5.75 Å². The maximum atomic E-state index is 12.7. The summed E-state index contributed by atoms with van der Waals surface area (Å²) in [4.78, 5) is 9.63. The van der Waals surface area contributed by atoms with Gasteiger partial charge in [0.15, 0.2) is 5.75 Å². The van der Waals surface area contributed by atoms with Gasteiger partial charge in [0.25, 0.3) is 0 Å². The lowest BCUT2D eigenvalue weighted by molar-refractivity contribution is -0.179. The topological polar surface area (TPSA) is 30.5 Å². The molecule has 0 aliphatic rings. The number of halogens is 4. The minimum atomic E-state index is -4.54. The van der Waals surface area contributed by atoms with Crippen LogP contribution in [0.1, 0.15) is 11.1 Å². The van der Waals surface area contributed by atoms with E-state index in [1.54, 1.807) is 18.2 Å². The van der Waals surface area contributed by atoms with Crippen molar-refractivity contribution in [3.63, 3.8) is 0 Å². The summed E-state index contributed by atoms with van der Waals surface area (Å²) in [5, 5.41) is -0.382. The molecule has 0 aliphatic heterocycles. The molecule has 2 aromatic carbocycles. The number of anilines is 1. The molecule has 0 saturated heterocycles. The van der Waals surface area contributed by atoms with Crippen LogP contribution >= 0.6 is 11.6 Å². The summed E-state index contributed by atoms with van der Waals surface area (Å²) in [5.41, 5.74) is 2.35. The Kier molecular flexibility index (Phi) is 4.59. The Bertz CT molecular complexity index is 632. The summed E-state index contributed by atoms with van der Waals surface area (Å²) in [6.07, 6.45) is -4.54. The van der Waals surface area contributed by atoms with Crippen LogP contribution in [0.15, 0.2) is 42.5 Å².